The molecular formula is C12H24N2O. The number of β-amino-alcohol motifs (C(OH)–C–C–N with tert-alkyl or cyclic N) is 1. The van der Waals surface area contributed by atoms with E-state index in [0.29, 0.717) is 5.92 Å². The molecule has 2 atom stereocenters. The van der Waals surface area contributed by atoms with E-state index in [1.807, 2.05) is 0 Å². The normalized spacial score (nSPS) is 30.4. The van der Waals surface area contributed by atoms with Crippen molar-refractivity contribution in [2.45, 2.75) is 44.8 Å². The number of rotatable bonds is 5. The van der Waals surface area contributed by atoms with Gasteiger partial charge in [-0.25, -0.2) is 0 Å². The van der Waals surface area contributed by atoms with Gasteiger partial charge in [-0.1, -0.05) is 6.92 Å². The fourth-order valence-corrected chi connectivity index (χ4v) is 2.36. The molecule has 1 aliphatic carbocycles. The third kappa shape index (κ3) is 4.09. The number of nitrogens with one attached hydrogen (secondary N) is 1. The summed E-state index contributed by atoms with van der Waals surface area (Å²) >= 11 is 0. The summed E-state index contributed by atoms with van der Waals surface area (Å²) in [6.07, 6.45) is 4.81. The summed E-state index contributed by atoms with van der Waals surface area (Å²) in [7, 11) is 0. The van der Waals surface area contributed by atoms with Crippen LogP contribution in [0.3, 0.4) is 0 Å². The third-order valence-corrected chi connectivity index (χ3v) is 3.38. The lowest BCUT2D eigenvalue weighted by Crippen LogP contribution is -2.42. The van der Waals surface area contributed by atoms with Crippen LogP contribution < -0.4 is 5.32 Å². The Labute approximate surface area is 92.8 Å². The molecule has 3 nitrogen and oxygen atoms in total. The smallest absolute Gasteiger partial charge is 0.0667 e. The van der Waals surface area contributed by atoms with Crippen LogP contribution in [-0.2, 0) is 0 Å². The van der Waals surface area contributed by atoms with Crippen molar-refractivity contribution in [1.82, 2.24) is 10.2 Å². The van der Waals surface area contributed by atoms with Crippen LogP contribution in [0.15, 0.2) is 0 Å². The Bertz CT molecular complexity index is 194. The van der Waals surface area contributed by atoms with Gasteiger partial charge in [-0.05, 0) is 44.7 Å². The number of piperidine rings is 1. The van der Waals surface area contributed by atoms with Gasteiger partial charge in [0.2, 0.25) is 0 Å². The van der Waals surface area contributed by atoms with E-state index >= 15 is 0 Å². The molecular weight excluding hydrogens is 188 g/mol. The minimum absolute atomic E-state index is 0.0812. The van der Waals surface area contributed by atoms with Crippen molar-refractivity contribution >= 4 is 0 Å². The Kier molecular flexibility index (Phi) is 4.00. The molecule has 2 aliphatic rings. The third-order valence-electron chi connectivity index (χ3n) is 3.38. The highest BCUT2D eigenvalue weighted by Crippen LogP contribution is 2.19. The topological polar surface area (TPSA) is 35.5 Å². The van der Waals surface area contributed by atoms with Gasteiger partial charge in [0.05, 0.1) is 6.10 Å². The first-order valence-electron chi connectivity index (χ1n) is 6.38. The summed E-state index contributed by atoms with van der Waals surface area (Å²) in [6.45, 7) is 6.63. The molecule has 3 heteroatoms. The highest BCUT2D eigenvalue weighted by molar-refractivity contribution is 4.82. The molecule has 1 aliphatic heterocycles. The maximum absolute atomic E-state index is 9.56. The van der Waals surface area contributed by atoms with E-state index in [2.05, 4.69) is 17.1 Å². The minimum Gasteiger partial charge on any atom is -0.392 e. The molecule has 2 fully saturated rings. The lowest BCUT2D eigenvalue weighted by molar-refractivity contribution is 0.0634. The number of aliphatic hydroxyl groups excluding tert-OH is 1. The first-order valence-corrected chi connectivity index (χ1v) is 6.38. The molecule has 0 aromatic heterocycles. The molecule has 2 unspecified atom stereocenters. The van der Waals surface area contributed by atoms with Gasteiger partial charge in [-0.2, -0.15) is 0 Å². The zero-order valence-electron chi connectivity index (χ0n) is 9.78. The Morgan fingerprint density at radius 1 is 1.40 bits per heavy atom. The van der Waals surface area contributed by atoms with E-state index in [9.17, 15) is 5.11 Å². The van der Waals surface area contributed by atoms with Crippen molar-refractivity contribution < 1.29 is 5.11 Å². The summed E-state index contributed by atoms with van der Waals surface area (Å²) in [5, 5.41) is 13.1. The quantitative estimate of drug-likeness (QED) is 0.708. The molecule has 2 N–H and O–H groups in total. The maximum atomic E-state index is 9.56. The predicted molar refractivity (Wildman–Crippen MR) is 61.9 cm³/mol. The molecule has 0 radical (unpaired) electrons. The molecule has 0 amide bonds. The molecule has 0 bridgehead atoms. The van der Waals surface area contributed by atoms with Crippen molar-refractivity contribution in [2.24, 2.45) is 5.92 Å². The van der Waals surface area contributed by atoms with Crippen LogP contribution in [0.5, 0.6) is 0 Å². The van der Waals surface area contributed by atoms with Gasteiger partial charge in [0.15, 0.2) is 0 Å². The largest absolute Gasteiger partial charge is 0.392 e. The zero-order chi connectivity index (χ0) is 10.7. The van der Waals surface area contributed by atoms with Crippen LogP contribution in [0.1, 0.15) is 32.6 Å². The van der Waals surface area contributed by atoms with Crippen molar-refractivity contribution in [3.63, 3.8) is 0 Å². The number of hydrogen-bond acceptors (Lipinski definition) is 3. The highest BCUT2D eigenvalue weighted by Gasteiger charge is 2.22. The van der Waals surface area contributed by atoms with E-state index in [-0.39, 0.29) is 6.10 Å². The summed E-state index contributed by atoms with van der Waals surface area (Å²) < 4.78 is 0. The fraction of sp³-hybridized carbons (Fsp3) is 1.00. The lowest BCUT2D eigenvalue weighted by atomic mass is 10.1. The first kappa shape index (κ1) is 11.4. The Balaban J connectivity index is 1.61. The monoisotopic (exact) mass is 212 g/mol. The van der Waals surface area contributed by atoms with Crippen LogP contribution in [0.25, 0.3) is 0 Å². The second kappa shape index (κ2) is 5.28. The maximum Gasteiger partial charge on any atom is 0.0667 e. The van der Waals surface area contributed by atoms with E-state index in [1.165, 1.54) is 19.4 Å². The van der Waals surface area contributed by atoms with Crippen LogP contribution >= 0.6 is 0 Å². The van der Waals surface area contributed by atoms with Crippen molar-refractivity contribution in [3.8, 4) is 0 Å². The number of likely N-dealkylation sites (tertiary alicyclic amines) is 1. The van der Waals surface area contributed by atoms with Gasteiger partial charge in [0.25, 0.3) is 0 Å². The lowest BCUT2D eigenvalue weighted by Gasteiger charge is -2.32. The van der Waals surface area contributed by atoms with Crippen molar-refractivity contribution in [3.05, 3.63) is 0 Å². The van der Waals surface area contributed by atoms with Gasteiger partial charge in [0, 0.05) is 19.1 Å². The summed E-state index contributed by atoms with van der Waals surface area (Å²) in [4.78, 5) is 2.41. The second-order valence-corrected chi connectivity index (χ2v) is 5.34. The number of nitrogens with zero attached hydrogens (tertiary/aromatic N) is 1. The number of aliphatic hydroxyl groups is 1. The van der Waals surface area contributed by atoms with E-state index in [4.69, 9.17) is 0 Å². The highest BCUT2D eigenvalue weighted by atomic mass is 16.3. The zero-order valence-corrected chi connectivity index (χ0v) is 9.78. The summed E-state index contributed by atoms with van der Waals surface area (Å²) in [5.41, 5.74) is 0. The first-order chi connectivity index (χ1) is 7.24. The Morgan fingerprint density at radius 2 is 2.20 bits per heavy atom. The van der Waals surface area contributed by atoms with Crippen LogP contribution in [-0.4, -0.2) is 48.3 Å². The second-order valence-electron chi connectivity index (χ2n) is 5.34. The van der Waals surface area contributed by atoms with Gasteiger partial charge < -0.3 is 15.3 Å². The van der Waals surface area contributed by atoms with Crippen LogP contribution in [0.4, 0.5) is 0 Å². The fourth-order valence-electron chi connectivity index (χ4n) is 2.36. The molecule has 0 aromatic rings. The predicted octanol–water partition coefficient (Wildman–Crippen LogP) is 0.831. The summed E-state index contributed by atoms with van der Waals surface area (Å²) in [5.74, 6) is 0.705. The van der Waals surface area contributed by atoms with Crippen LogP contribution in [0.2, 0.25) is 0 Å². The van der Waals surface area contributed by atoms with E-state index < -0.39 is 0 Å². The Morgan fingerprint density at radius 3 is 2.87 bits per heavy atom. The SMILES string of the molecule is CC(CNC1CC1)CN1CCCC(O)C1. The molecule has 15 heavy (non-hydrogen) atoms. The van der Waals surface area contributed by atoms with Gasteiger partial charge in [0.1, 0.15) is 0 Å². The molecule has 1 saturated heterocycles. The van der Waals surface area contributed by atoms with E-state index in [1.54, 1.807) is 0 Å². The van der Waals surface area contributed by atoms with Gasteiger partial charge >= 0.3 is 0 Å². The van der Waals surface area contributed by atoms with Crippen molar-refractivity contribution in [1.29, 1.82) is 0 Å². The van der Waals surface area contributed by atoms with Gasteiger partial charge in [-0.15, -0.1) is 0 Å². The number of hydrogen-bond donors (Lipinski definition) is 2. The van der Waals surface area contributed by atoms with Crippen LogP contribution in [0, 0.1) is 5.92 Å². The average Bonchev–Trinajstić information content (AvgIpc) is 2.98. The molecule has 1 saturated carbocycles. The molecule has 0 aromatic carbocycles. The standard InChI is InChI=1S/C12H24N2O/c1-10(7-13-11-4-5-11)8-14-6-2-3-12(15)9-14/h10-13,15H,2-9H2,1H3. The Hall–Kier alpha value is -0.120. The molecule has 2 rings (SSSR count). The van der Waals surface area contributed by atoms with Crippen molar-refractivity contribution in [2.75, 3.05) is 26.2 Å². The van der Waals surface area contributed by atoms with E-state index in [0.717, 1.165) is 38.5 Å². The molecule has 88 valence electrons. The molecule has 1 heterocycles. The minimum atomic E-state index is -0.0812. The molecule has 0 spiro atoms. The average molecular weight is 212 g/mol. The van der Waals surface area contributed by atoms with Gasteiger partial charge in [-0.3, -0.25) is 0 Å². The summed E-state index contributed by atoms with van der Waals surface area (Å²) in [6, 6.07) is 0.819.